The first-order chi connectivity index (χ1) is 18.1. The number of ether oxygens (including phenoxy) is 3. The SMILES string of the molecule is CCCCCCCCCCCOc1ccc(C(=O)Oc2ccc(OCC3CCCCC3)cc2)c(F)c1F. The normalized spacial score (nSPS) is 13.9. The zero-order valence-corrected chi connectivity index (χ0v) is 22.2. The lowest BCUT2D eigenvalue weighted by atomic mass is 9.90. The van der Waals surface area contributed by atoms with E-state index in [9.17, 15) is 13.6 Å². The Morgan fingerprint density at radius 2 is 1.38 bits per heavy atom. The predicted octanol–water partition coefficient (Wildman–Crippen LogP) is 9.05. The van der Waals surface area contributed by atoms with Crippen LogP contribution in [-0.4, -0.2) is 19.2 Å². The number of unbranched alkanes of at least 4 members (excludes halogenated alkanes) is 8. The molecule has 0 unspecified atom stereocenters. The monoisotopic (exact) mass is 516 g/mol. The molecular weight excluding hydrogens is 474 g/mol. The van der Waals surface area contributed by atoms with Gasteiger partial charge in [0.05, 0.1) is 18.8 Å². The summed E-state index contributed by atoms with van der Waals surface area (Å²) in [5.74, 6) is -2.07. The van der Waals surface area contributed by atoms with Crippen molar-refractivity contribution in [3.63, 3.8) is 0 Å². The van der Waals surface area contributed by atoms with Crippen LogP contribution in [0.1, 0.15) is 107 Å². The summed E-state index contributed by atoms with van der Waals surface area (Å²) in [5, 5.41) is 0. The first-order valence-corrected chi connectivity index (χ1v) is 14.1. The third kappa shape index (κ3) is 9.98. The van der Waals surface area contributed by atoms with Gasteiger partial charge in [-0.1, -0.05) is 77.6 Å². The maximum atomic E-state index is 14.6. The van der Waals surface area contributed by atoms with Crippen molar-refractivity contribution in [2.75, 3.05) is 13.2 Å². The molecule has 204 valence electrons. The fraction of sp³-hybridized carbons (Fsp3) is 0.581. The largest absolute Gasteiger partial charge is 0.493 e. The van der Waals surface area contributed by atoms with Crippen LogP contribution in [-0.2, 0) is 0 Å². The van der Waals surface area contributed by atoms with Gasteiger partial charge in [0.25, 0.3) is 0 Å². The Kier molecular flexibility index (Phi) is 12.7. The molecule has 2 aromatic carbocycles. The minimum absolute atomic E-state index is 0.187. The predicted molar refractivity (Wildman–Crippen MR) is 143 cm³/mol. The number of benzene rings is 2. The Balaban J connectivity index is 1.40. The number of rotatable bonds is 16. The maximum absolute atomic E-state index is 14.6. The van der Waals surface area contributed by atoms with Gasteiger partial charge in [-0.2, -0.15) is 4.39 Å². The molecule has 3 rings (SSSR count). The maximum Gasteiger partial charge on any atom is 0.346 e. The van der Waals surface area contributed by atoms with Crippen LogP contribution in [0.15, 0.2) is 36.4 Å². The van der Waals surface area contributed by atoms with Crippen LogP contribution in [0.3, 0.4) is 0 Å². The van der Waals surface area contributed by atoms with Crippen LogP contribution in [0.5, 0.6) is 17.2 Å². The summed E-state index contributed by atoms with van der Waals surface area (Å²) in [5.41, 5.74) is -0.467. The minimum Gasteiger partial charge on any atom is -0.493 e. The van der Waals surface area contributed by atoms with Crippen molar-refractivity contribution in [2.45, 2.75) is 96.8 Å². The highest BCUT2D eigenvalue weighted by atomic mass is 19.2. The minimum atomic E-state index is -1.26. The second-order valence-corrected chi connectivity index (χ2v) is 10.1. The van der Waals surface area contributed by atoms with Crippen LogP contribution < -0.4 is 14.2 Å². The molecule has 1 aliphatic carbocycles. The third-order valence-corrected chi connectivity index (χ3v) is 7.02. The Morgan fingerprint density at radius 3 is 2.05 bits per heavy atom. The van der Waals surface area contributed by atoms with E-state index < -0.39 is 23.2 Å². The van der Waals surface area contributed by atoms with Gasteiger partial charge in [-0.25, -0.2) is 9.18 Å². The summed E-state index contributed by atoms with van der Waals surface area (Å²) < 4.78 is 45.6. The van der Waals surface area contributed by atoms with E-state index in [1.807, 2.05) is 0 Å². The van der Waals surface area contributed by atoms with Crippen molar-refractivity contribution >= 4 is 5.97 Å². The Morgan fingerprint density at radius 1 is 0.757 bits per heavy atom. The molecule has 0 heterocycles. The molecule has 0 bridgehead atoms. The van der Waals surface area contributed by atoms with Crippen LogP contribution >= 0.6 is 0 Å². The van der Waals surface area contributed by atoms with Crippen LogP contribution in [0.4, 0.5) is 8.78 Å². The summed E-state index contributed by atoms with van der Waals surface area (Å²) in [4.78, 5) is 12.5. The lowest BCUT2D eigenvalue weighted by Crippen LogP contribution is -2.15. The second kappa shape index (κ2) is 16.3. The molecule has 0 amide bonds. The van der Waals surface area contributed by atoms with E-state index in [-0.39, 0.29) is 11.5 Å². The van der Waals surface area contributed by atoms with E-state index in [2.05, 4.69) is 6.92 Å². The zero-order chi connectivity index (χ0) is 26.3. The molecule has 37 heavy (non-hydrogen) atoms. The van der Waals surface area contributed by atoms with Gasteiger partial charge in [-0.05, 0) is 61.6 Å². The van der Waals surface area contributed by atoms with E-state index in [4.69, 9.17) is 14.2 Å². The summed E-state index contributed by atoms with van der Waals surface area (Å²) in [6.07, 6.45) is 16.7. The lowest BCUT2D eigenvalue weighted by Gasteiger charge is -2.21. The van der Waals surface area contributed by atoms with Crippen LogP contribution in [0.25, 0.3) is 0 Å². The second-order valence-electron chi connectivity index (χ2n) is 10.1. The molecule has 0 spiro atoms. The number of carbonyl (C=O) groups is 1. The highest BCUT2D eigenvalue weighted by Gasteiger charge is 2.21. The van der Waals surface area contributed by atoms with Gasteiger partial charge in [0.2, 0.25) is 5.82 Å². The van der Waals surface area contributed by atoms with E-state index in [1.165, 1.54) is 82.8 Å². The quantitative estimate of drug-likeness (QED) is 0.127. The van der Waals surface area contributed by atoms with Gasteiger partial charge in [0.15, 0.2) is 11.6 Å². The van der Waals surface area contributed by atoms with E-state index in [0.717, 1.165) is 19.3 Å². The topological polar surface area (TPSA) is 44.8 Å². The fourth-order valence-corrected chi connectivity index (χ4v) is 4.73. The van der Waals surface area contributed by atoms with Crippen molar-refractivity contribution in [1.82, 2.24) is 0 Å². The summed E-state index contributed by atoms with van der Waals surface area (Å²) in [6, 6.07) is 9.09. The van der Waals surface area contributed by atoms with Gasteiger partial charge in [0, 0.05) is 0 Å². The Labute approximate surface area is 220 Å². The van der Waals surface area contributed by atoms with Gasteiger partial charge >= 0.3 is 5.97 Å². The molecule has 2 aromatic rings. The molecule has 0 aromatic heterocycles. The number of hydrogen-bond donors (Lipinski definition) is 0. The van der Waals surface area contributed by atoms with E-state index in [0.29, 0.717) is 24.9 Å². The average Bonchev–Trinajstić information content (AvgIpc) is 2.92. The molecule has 1 aliphatic rings. The van der Waals surface area contributed by atoms with Crippen molar-refractivity contribution in [3.8, 4) is 17.2 Å². The van der Waals surface area contributed by atoms with Crippen molar-refractivity contribution in [3.05, 3.63) is 53.6 Å². The van der Waals surface area contributed by atoms with Gasteiger partial charge in [-0.3, -0.25) is 0 Å². The number of halogens is 2. The Bertz CT molecular complexity index is 939. The summed E-state index contributed by atoms with van der Waals surface area (Å²) >= 11 is 0. The molecule has 0 N–H and O–H groups in total. The highest BCUT2D eigenvalue weighted by Crippen LogP contribution is 2.27. The number of carbonyl (C=O) groups excluding carboxylic acids is 1. The lowest BCUT2D eigenvalue weighted by molar-refractivity contribution is 0.0728. The third-order valence-electron chi connectivity index (χ3n) is 7.02. The van der Waals surface area contributed by atoms with Gasteiger partial charge < -0.3 is 14.2 Å². The number of esters is 1. The first kappa shape index (κ1) is 28.9. The van der Waals surface area contributed by atoms with E-state index in [1.54, 1.807) is 24.3 Å². The van der Waals surface area contributed by atoms with Crippen molar-refractivity contribution in [2.24, 2.45) is 5.92 Å². The number of hydrogen-bond acceptors (Lipinski definition) is 4. The zero-order valence-electron chi connectivity index (χ0n) is 22.2. The summed E-state index contributed by atoms with van der Waals surface area (Å²) in [6.45, 7) is 3.20. The molecule has 0 saturated heterocycles. The smallest absolute Gasteiger partial charge is 0.346 e. The molecule has 4 nitrogen and oxygen atoms in total. The molecule has 0 radical (unpaired) electrons. The molecule has 1 fully saturated rings. The average molecular weight is 517 g/mol. The van der Waals surface area contributed by atoms with E-state index >= 15 is 0 Å². The van der Waals surface area contributed by atoms with Gasteiger partial charge in [0.1, 0.15) is 11.5 Å². The van der Waals surface area contributed by atoms with Crippen molar-refractivity contribution < 1.29 is 27.8 Å². The molecule has 6 heteroatoms. The molecular formula is C31H42F2O4. The van der Waals surface area contributed by atoms with Crippen LogP contribution in [0.2, 0.25) is 0 Å². The fourth-order valence-electron chi connectivity index (χ4n) is 4.73. The molecule has 0 aliphatic heterocycles. The highest BCUT2D eigenvalue weighted by molar-refractivity contribution is 5.91. The molecule has 1 saturated carbocycles. The summed E-state index contributed by atoms with van der Waals surface area (Å²) in [7, 11) is 0. The Hall–Kier alpha value is -2.63. The van der Waals surface area contributed by atoms with Gasteiger partial charge in [-0.15, -0.1) is 0 Å². The van der Waals surface area contributed by atoms with Crippen LogP contribution in [0, 0.1) is 17.6 Å². The standard InChI is InChI=1S/C31H42F2O4/c1-2-3-4-5-6-7-8-9-13-22-35-28-21-20-27(29(32)30(28)33)31(34)37-26-18-16-25(17-19-26)36-23-24-14-11-10-12-15-24/h16-21,24H,2-15,22-23H2,1H3. The first-order valence-electron chi connectivity index (χ1n) is 14.1. The molecule has 0 atom stereocenters. The van der Waals surface area contributed by atoms with Crippen molar-refractivity contribution in [1.29, 1.82) is 0 Å².